The Morgan fingerprint density at radius 2 is 2.25 bits per heavy atom. The van der Waals surface area contributed by atoms with Gasteiger partial charge < -0.3 is 5.32 Å². The molecule has 0 unspecified atom stereocenters. The van der Waals surface area contributed by atoms with Crippen molar-refractivity contribution in [1.82, 2.24) is 5.32 Å². The lowest BCUT2D eigenvalue weighted by atomic mass is 10.1. The Kier molecular flexibility index (Phi) is 2.82. The third-order valence-corrected chi connectivity index (χ3v) is 1.58. The van der Waals surface area contributed by atoms with Crippen molar-refractivity contribution in [3.63, 3.8) is 0 Å². The van der Waals surface area contributed by atoms with Crippen molar-refractivity contribution < 1.29 is 9.90 Å². The van der Waals surface area contributed by atoms with Crippen molar-refractivity contribution >= 4 is 5.91 Å². The highest BCUT2D eigenvalue weighted by atomic mass is 16.3. The quantitative estimate of drug-likeness (QED) is 0.695. The zero-order chi connectivity index (χ0) is 8.97. The van der Waals surface area contributed by atoms with Gasteiger partial charge in [0.05, 0.1) is 0 Å². The van der Waals surface area contributed by atoms with Gasteiger partial charge in [0.2, 0.25) is 0 Å². The molecular weight excluding hydrogens is 154 g/mol. The van der Waals surface area contributed by atoms with Crippen molar-refractivity contribution in [1.29, 1.82) is 0 Å². The summed E-state index contributed by atoms with van der Waals surface area (Å²) in [5, 5.41) is 13.0. The predicted octanol–water partition coefficient (Wildman–Crippen LogP) is 0.977. The summed E-state index contributed by atoms with van der Waals surface area (Å²) in [4.78, 5) is 11.1. The van der Waals surface area contributed by atoms with E-state index in [0.29, 0.717) is 11.1 Å². The van der Waals surface area contributed by atoms with Gasteiger partial charge in [-0.15, -0.1) is 0 Å². The molecule has 0 bridgehead atoms. The molecule has 0 aliphatic carbocycles. The van der Waals surface area contributed by atoms with Crippen LogP contribution in [0.25, 0.3) is 0 Å². The number of benzene rings is 1. The van der Waals surface area contributed by atoms with Gasteiger partial charge in [-0.05, 0) is 17.7 Å². The maximum Gasteiger partial charge on any atom is 0.251 e. The van der Waals surface area contributed by atoms with Crippen molar-refractivity contribution in [3.8, 4) is 0 Å². The van der Waals surface area contributed by atoms with Crippen LogP contribution < -0.4 is 5.32 Å². The van der Waals surface area contributed by atoms with Crippen LogP contribution in [0.4, 0.5) is 0 Å². The van der Waals surface area contributed by atoms with Gasteiger partial charge in [-0.1, -0.05) is 12.1 Å². The van der Waals surface area contributed by atoms with E-state index in [0.717, 1.165) is 0 Å². The minimum absolute atomic E-state index is 0.162. The molecule has 0 heterocycles. The second kappa shape index (κ2) is 3.88. The summed E-state index contributed by atoms with van der Waals surface area (Å²) in [6, 6.07) is 6.70. The first-order chi connectivity index (χ1) is 5.77. The summed E-state index contributed by atoms with van der Waals surface area (Å²) in [7, 11) is 1.56. The van der Waals surface area contributed by atoms with Gasteiger partial charge in [0, 0.05) is 12.6 Å². The molecule has 1 rings (SSSR count). The number of rotatable bonds is 2. The SMILES string of the molecule is CNC(=O)c1cccc(C[O])c1. The smallest absolute Gasteiger partial charge is 0.251 e. The molecule has 1 aromatic rings. The molecule has 0 spiro atoms. The van der Waals surface area contributed by atoms with Crippen LogP contribution in [0, 0.1) is 0 Å². The lowest BCUT2D eigenvalue weighted by Gasteiger charge is -2.00. The molecule has 0 aliphatic rings. The monoisotopic (exact) mass is 164 g/mol. The van der Waals surface area contributed by atoms with Gasteiger partial charge >= 0.3 is 0 Å². The van der Waals surface area contributed by atoms with Crippen LogP contribution in [0.15, 0.2) is 24.3 Å². The maximum atomic E-state index is 11.1. The largest absolute Gasteiger partial charge is 0.355 e. The fourth-order valence-corrected chi connectivity index (χ4v) is 0.947. The lowest BCUT2D eigenvalue weighted by molar-refractivity contribution is 0.0963. The summed E-state index contributed by atoms with van der Waals surface area (Å²) in [5.41, 5.74) is 1.17. The zero-order valence-electron chi connectivity index (χ0n) is 6.83. The molecular formula is C9H10NO2. The van der Waals surface area contributed by atoms with Crippen LogP contribution in [-0.2, 0) is 11.7 Å². The number of nitrogens with one attached hydrogen (secondary N) is 1. The Bertz CT molecular complexity index is 284. The van der Waals surface area contributed by atoms with Crippen LogP contribution in [0.3, 0.4) is 0 Å². The van der Waals surface area contributed by atoms with Crippen LogP contribution in [0.2, 0.25) is 0 Å². The summed E-state index contributed by atoms with van der Waals surface area (Å²) in [5.74, 6) is -0.162. The van der Waals surface area contributed by atoms with E-state index in [1.165, 1.54) is 0 Å². The van der Waals surface area contributed by atoms with Crippen molar-refractivity contribution in [2.75, 3.05) is 7.05 Å². The Balaban J connectivity index is 2.93. The molecule has 1 radical (unpaired) electrons. The third kappa shape index (κ3) is 1.83. The molecule has 0 atom stereocenters. The van der Waals surface area contributed by atoms with Crippen LogP contribution in [0.5, 0.6) is 0 Å². The highest BCUT2D eigenvalue weighted by molar-refractivity contribution is 5.94. The molecule has 1 aromatic carbocycles. The van der Waals surface area contributed by atoms with Gasteiger partial charge in [0.1, 0.15) is 6.61 Å². The molecule has 3 heteroatoms. The molecule has 0 saturated carbocycles. The molecule has 0 aromatic heterocycles. The minimum atomic E-state index is -0.287. The molecule has 1 amide bonds. The normalized spacial score (nSPS) is 9.50. The molecule has 0 aliphatic heterocycles. The lowest BCUT2D eigenvalue weighted by Crippen LogP contribution is -2.17. The topological polar surface area (TPSA) is 49.0 Å². The van der Waals surface area contributed by atoms with E-state index in [1.54, 1.807) is 31.3 Å². The van der Waals surface area contributed by atoms with Crippen LogP contribution >= 0.6 is 0 Å². The number of hydrogen-bond acceptors (Lipinski definition) is 1. The second-order valence-corrected chi connectivity index (χ2v) is 2.42. The Morgan fingerprint density at radius 1 is 1.50 bits per heavy atom. The van der Waals surface area contributed by atoms with E-state index < -0.39 is 0 Å². The van der Waals surface area contributed by atoms with Gasteiger partial charge in [-0.25, -0.2) is 5.11 Å². The number of carbonyl (C=O) groups is 1. The molecule has 0 saturated heterocycles. The van der Waals surface area contributed by atoms with E-state index >= 15 is 0 Å². The van der Waals surface area contributed by atoms with E-state index in [4.69, 9.17) is 0 Å². The third-order valence-electron chi connectivity index (χ3n) is 1.58. The fraction of sp³-hybridized carbons (Fsp3) is 0.222. The summed E-state index contributed by atoms with van der Waals surface area (Å²) in [6.45, 7) is -0.287. The highest BCUT2D eigenvalue weighted by Gasteiger charge is 2.02. The van der Waals surface area contributed by atoms with E-state index in [9.17, 15) is 9.90 Å². The Hall–Kier alpha value is -1.35. The van der Waals surface area contributed by atoms with Crippen molar-refractivity contribution in [3.05, 3.63) is 35.4 Å². The van der Waals surface area contributed by atoms with Crippen molar-refractivity contribution in [2.24, 2.45) is 0 Å². The van der Waals surface area contributed by atoms with E-state index in [1.807, 2.05) is 0 Å². The van der Waals surface area contributed by atoms with E-state index in [-0.39, 0.29) is 12.5 Å². The van der Waals surface area contributed by atoms with Crippen LogP contribution in [0.1, 0.15) is 15.9 Å². The Labute approximate surface area is 71.0 Å². The average molecular weight is 164 g/mol. The second-order valence-electron chi connectivity index (χ2n) is 2.42. The van der Waals surface area contributed by atoms with Gasteiger partial charge in [-0.3, -0.25) is 4.79 Å². The summed E-state index contributed by atoms with van der Waals surface area (Å²) in [6.07, 6.45) is 0. The number of hydrogen-bond donors (Lipinski definition) is 1. The van der Waals surface area contributed by atoms with Crippen molar-refractivity contribution in [2.45, 2.75) is 6.61 Å². The zero-order valence-corrected chi connectivity index (χ0v) is 6.83. The standard InChI is InChI=1S/C9H10NO2/c1-10-9(12)8-4-2-3-7(5-8)6-11/h2-5H,6H2,1H3,(H,10,12). The van der Waals surface area contributed by atoms with Gasteiger partial charge in [0.15, 0.2) is 0 Å². The van der Waals surface area contributed by atoms with Gasteiger partial charge in [0.25, 0.3) is 5.91 Å². The first-order valence-corrected chi connectivity index (χ1v) is 3.67. The number of amides is 1. The molecule has 1 N–H and O–H groups in total. The first-order valence-electron chi connectivity index (χ1n) is 3.67. The predicted molar refractivity (Wildman–Crippen MR) is 44.2 cm³/mol. The first kappa shape index (κ1) is 8.74. The van der Waals surface area contributed by atoms with Crippen LogP contribution in [-0.4, -0.2) is 13.0 Å². The molecule has 3 nitrogen and oxygen atoms in total. The molecule has 63 valence electrons. The summed E-state index contributed by atoms with van der Waals surface area (Å²) >= 11 is 0. The van der Waals surface area contributed by atoms with Gasteiger partial charge in [-0.2, -0.15) is 0 Å². The minimum Gasteiger partial charge on any atom is -0.355 e. The maximum absolute atomic E-state index is 11.1. The Morgan fingerprint density at radius 3 is 2.83 bits per heavy atom. The average Bonchev–Trinajstić information content (AvgIpc) is 2.17. The van der Waals surface area contributed by atoms with E-state index in [2.05, 4.69) is 5.32 Å². The number of carbonyl (C=O) groups excluding carboxylic acids is 1. The highest BCUT2D eigenvalue weighted by Crippen LogP contribution is 2.04. The molecule has 0 fully saturated rings. The fourth-order valence-electron chi connectivity index (χ4n) is 0.947. The summed E-state index contributed by atoms with van der Waals surface area (Å²) < 4.78 is 0. The molecule has 12 heavy (non-hydrogen) atoms.